The number of carbonyl (C=O) groups is 1. The number of fused-ring (bicyclic) bond motifs is 1. The van der Waals surface area contributed by atoms with Crippen LogP contribution in [0, 0.1) is 13.8 Å². The highest BCUT2D eigenvalue weighted by Crippen LogP contribution is 2.25. The second kappa shape index (κ2) is 7.78. The Morgan fingerprint density at radius 2 is 1.94 bits per heavy atom. The van der Waals surface area contributed by atoms with Gasteiger partial charge in [-0.3, -0.25) is 4.40 Å². The number of rotatable bonds is 4. The number of nitrogens with zero attached hydrogens (tertiary/aromatic N) is 4. The molecular weight excluding hydrogens is 409 g/mol. The molecule has 2 amide bonds. The molecule has 0 unspecified atom stereocenters. The van der Waals surface area contributed by atoms with E-state index in [0.717, 1.165) is 28.3 Å². The molecule has 0 aliphatic carbocycles. The molecule has 3 heterocycles. The third-order valence-corrected chi connectivity index (χ3v) is 4.62. The van der Waals surface area contributed by atoms with Crippen molar-refractivity contribution in [1.29, 1.82) is 0 Å². The molecule has 0 saturated carbocycles. The molecule has 0 radical (unpaired) electrons. The van der Waals surface area contributed by atoms with Crippen molar-refractivity contribution in [3.63, 3.8) is 0 Å². The smallest absolute Gasteiger partial charge is 0.329 e. The number of anilines is 1. The Balaban J connectivity index is 1.58. The van der Waals surface area contributed by atoms with Crippen LogP contribution in [0.3, 0.4) is 0 Å². The number of carbonyl (C=O) groups excluding carboxylic acids is 1. The van der Waals surface area contributed by atoms with E-state index >= 15 is 0 Å². The van der Waals surface area contributed by atoms with E-state index in [0.29, 0.717) is 11.3 Å². The van der Waals surface area contributed by atoms with E-state index in [4.69, 9.17) is 0 Å². The van der Waals surface area contributed by atoms with Crippen molar-refractivity contribution in [2.24, 2.45) is 0 Å². The molecule has 2 N–H and O–H groups in total. The Morgan fingerprint density at radius 1 is 1.13 bits per heavy atom. The number of hydrogen-bond donors (Lipinski definition) is 2. The van der Waals surface area contributed by atoms with Crippen LogP contribution >= 0.6 is 0 Å². The van der Waals surface area contributed by atoms with Crippen LogP contribution in [-0.2, 0) is 0 Å². The van der Waals surface area contributed by atoms with Gasteiger partial charge in [0.2, 0.25) is 0 Å². The lowest BCUT2D eigenvalue weighted by Gasteiger charge is -2.11. The zero-order chi connectivity index (χ0) is 22.2. The van der Waals surface area contributed by atoms with Gasteiger partial charge in [0.1, 0.15) is 12.2 Å². The number of benzene rings is 1. The molecule has 4 rings (SSSR count). The molecule has 0 bridgehead atoms. The number of urea groups is 1. The Morgan fingerprint density at radius 3 is 2.65 bits per heavy atom. The number of pyridine rings is 1. The van der Waals surface area contributed by atoms with Crippen LogP contribution in [0.2, 0.25) is 0 Å². The van der Waals surface area contributed by atoms with E-state index in [9.17, 15) is 18.0 Å². The first-order valence-corrected chi connectivity index (χ1v) is 9.42. The topological polar surface area (TPSA) is 76.2 Å². The fourth-order valence-electron chi connectivity index (χ4n) is 3.32. The van der Waals surface area contributed by atoms with E-state index in [2.05, 4.69) is 15.4 Å². The van der Waals surface area contributed by atoms with E-state index in [-0.39, 0.29) is 0 Å². The highest BCUT2D eigenvalue weighted by atomic mass is 19.4. The van der Waals surface area contributed by atoms with Crippen molar-refractivity contribution in [3.05, 3.63) is 66.2 Å². The molecule has 0 spiro atoms. The molecule has 0 saturated heterocycles. The Labute approximate surface area is 175 Å². The number of nitrogens with one attached hydrogen (secondary N) is 2. The maximum atomic E-state index is 12.3. The fourth-order valence-corrected chi connectivity index (χ4v) is 3.32. The van der Waals surface area contributed by atoms with Crippen LogP contribution in [0.15, 0.2) is 54.9 Å². The largest absolute Gasteiger partial charge is 0.405 e. The van der Waals surface area contributed by atoms with Gasteiger partial charge in [0.15, 0.2) is 0 Å². The summed E-state index contributed by atoms with van der Waals surface area (Å²) in [6.45, 7) is 2.51. The van der Waals surface area contributed by atoms with Crippen LogP contribution < -0.4 is 10.6 Å². The molecule has 0 fully saturated rings. The average Bonchev–Trinajstić information content (AvgIpc) is 3.28. The van der Waals surface area contributed by atoms with Gasteiger partial charge in [-0.05, 0) is 38.1 Å². The number of halogens is 3. The predicted molar refractivity (Wildman–Crippen MR) is 110 cm³/mol. The molecule has 0 aliphatic heterocycles. The van der Waals surface area contributed by atoms with Crippen LogP contribution in [0.25, 0.3) is 22.6 Å². The lowest BCUT2D eigenvalue weighted by atomic mass is 10.1. The minimum atomic E-state index is -4.47. The zero-order valence-corrected chi connectivity index (χ0v) is 16.7. The molecule has 1 aromatic carbocycles. The van der Waals surface area contributed by atoms with Gasteiger partial charge in [0, 0.05) is 29.2 Å². The molecule has 4 aromatic rings. The number of amides is 2. The molecule has 7 nitrogen and oxygen atoms in total. The second-order valence-electron chi connectivity index (χ2n) is 7.10. The van der Waals surface area contributed by atoms with Gasteiger partial charge in [-0.2, -0.15) is 18.3 Å². The standard InChI is InChI=1S/C21H19F3N6O/c1-13-8-14(2)30(28-13)17-6-7-29-18(11-25-19(29)10-17)15-4-3-5-16(9-15)27-20(31)26-12-21(22,23)24/h3-11H,12H2,1-2H3,(H2,26,27,31). The Kier molecular flexibility index (Phi) is 5.14. The van der Waals surface area contributed by atoms with Crippen LogP contribution in [-0.4, -0.2) is 37.9 Å². The van der Waals surface area contributed by atoms with E-state index < -0.39 is 18.8 Å². The predicted octanol–water partition coefficient (Wildman–Crippen LogP) is 4.49. The number of aryl methyl sites for hydroxylation is 2. The van der Waals surface area contributed by atoms with Crippen molar-refractivity contribution in [2.75, 3.05) is 11.9 Å². The third-order valence-electron chi connectivity index (χ3n) is 4.62. The van der Waals surface area contributed by atoms with Gasteiger partial charge in [-0.25, -0.2) is 14.5 Å². The van der Waals surface area contributed by atoms with Crippen molar-refractivity contribution in [2.45, 2.75) is 20.0 Å². The summed E-state index contributed by atoms with van der Waals surface area (Å²) in [7, 11) is 0. The Hall–Kier alpha value is -3.82. The number of aromatic nitrogens is 4. The number of hydrogen-bond acceptors (Lipinski definition) is 3. The van der Waals surface area contributed by atoms with Crippen molar-refractivity contribution in [3.8, 4) is 16.9 Å². The lowest BCUT2D eigenvalue weighted by molar-refractivity contribution is -0.122. The van der Waals surface area contributed by atoms with Crippen molar-refractivity contribution < 1.29 is 18.0 Å². The first-order chi connectivity index (χ1) is 14.7. The van der Waals surface area contributed by atoms with E-state index in [1.54, 1.807) is 29.7 Å². The summed E-state index contributed by atoms with van der Waals surface area (Å²) < 4.78 is 40.5. The van der Waals surface area contributed by atoms with Crippen LogP contribution in [0.4, 0.5) is 23.7 Å². The van der Waals surface area contributed by atoms with Crippen molar-refractivity contribution in [1.82, 2.24) is 24.5 Å². The fraction of sp³-hybridized carbons (Fsp3) is 0.190. The molecule has 3 aromatic heterocycles. The summed E-state index contributed by atoms with van der Waals surface area (Å²) in [4.78, 5) is 16.2. The van der Waals surface area contributed by atoms with Crippen molar-refractivity contribution >= 4 is 17.4 Å². The summed E-state index contributed by atoms with van der Waals surface area (Å²) in [6, 6.07) is 11.7. The summed E-state index contributed by atoms with van der Waals surface area (Å²) in [5.74, 6) is 0. The maximum Gasteiger partial charge on any atom is 0.405 e. The highest BCUT2D eigenvalue weighted by molar-refractivity contribution is 5.90. The number of alkyl halides is 3. The van der Waals surface area contributed by atoms with Crippen LogP contribution in [0.1, 0.15) is 11.4 Å². The summed E-state index contributed by atoms with van der Waals surface area (Å²) in [5, 5.41) is 8.68. The normalized spacial score (nSPS) is 11.6. The van der Waals surface area contributed by atoms with Gasteiger partial charge in [0.25, 0.3) is 0 Å². The van der Waals surface area contributed by atoms with Gasteiger partial charge in [-0.15, -0.1) is 0 Å². The average molecular weight is 428 g/mol. The molecule has 31 heavy (non-hydrogen) atoms. The first-order valence-electron chi connectivity index (χ1n) is 9.42. The van der Waals surface area contributed by atoms with E-state index in [1.165, 1.54) is 0 Å². The second-order valence-corrected chi connectivity index (χ2v) is 7.10. The number of imidazole rings is 1. The maximum absolute atomic E-state index is 12.3. The lowest BCUT2D eigenvalue weighted by Crippen LogP contribution is -2.36. The SMILES string of the molecule is Cc1cc(C)n(-c2ccn3c(-c4cccc(NC(=O)NCC(F)(F)F)c4)cnc3c2)n1. The van der Waals surface area contributed by atoms with E-state index in [1.807, 2.05) is 53.4 Å². The summed E-state index contributed by atoms with van der Waals surface area (Å²) >= 11 is 0. The monoisotopic (exact) mass is 428 g/mol. The zero-order valence-electron chi connectivity index (χ0n) is 16.7. The molecule has 160 valence electrons. The van der Waals surface area contributed by atoms with Crippen LogP contribution in [0.5, 0.6) is 0 Å². The Bertz CT molecular complexity index is 1260. The molecule has 10 heteroatoms. The summed E-state index contributed by atoms with van der Waals surface area (Å²) in [6.07, 6.45) is -0.898. The van der Waals surface area contributed by atoms with Gasteiger partial charge in [0.05, 0.1) is 23.3 Å². The third kappa shape index (κ3) is 4.52. The van der Waals surface area contributed by atoms with Gasteiger partial charge < -0.3 is 10.6 Å². The van der Waals surface area contributed by atoms with Gasteiger partial charge >= 0.3 is 12.2 Å². The molecule has 0 atom stereocenters. The minimum absolute atomic E-state index is 0.367. The summed E-state index contributed by atoms with van der Waals surface area (Å²) in [5.41, 5.74) is 5.41. The molecular formula is C21H19F3N6O. The molecule has 0 aliphatic rings. The quantitative estimate of drug-likeness (QED) is 0.503. The minimum Gasteiger partial charge on any atom is -0.329 e. The highest BCUT2D eigenvalue weighted by Gasteiger charge is 2.27. The first kappa shape index (κ1) is 20.5. The van der Waals surface area contributed by atoms with Gasteiger partial charge in [-0.1, -0.05) is 12.1 Å².